The number of hydrogen-bond acceptors (Lipinski definition) is 3. The number of H-pyrrole nitrogens is 1. The molecular weight excluding hydrogens is 268 g/mol. The molecule has 1 aliphatic rings. The predicted octanol–water partition coefficient (Wildman–Crippen LogP) is 4.14. The van der Waals surface area contributed by atoms with Gasteiger partial charge in [0.2, 0.25) is 0 Å². The summed E-state index contributed by atoms with van der Waals surface area (Å²) in [5.74, 6) is 0.857. The van der Waals surface area contributed by atoms with E-state index in [-0.39, 0.29) is 5.41 Å². The van der Waals surface area contributed by atoms with Crippen LogP contribution in [0.1, 0.15) is 45.6 Å². The van der Waals surface area contributed by atoms with Crippen LogP contribution in [0.2, 0.25) is 0 Å². The van der Waals surface area contributed by atoms with Crippen LogP contribution < -0.4 is 0 Å². The molecule has 0 spiro atoms. The van der Waals surface area contributed by atoms with Crippen LogP contribution in [0.5, 0.6) is 0 Å². The summed E-state index contributed by atoms with van der Waals surface area (Å²) in [5, 5.41) is 7.36. The highest BCUT2D eigenvalue weighted by atomic mass is 32.1. The fourth-order valence-electron chi connectivity index (χ4n) is 3.22. The molecule has 1 unspecified atom stereocenters. The Balaban J connectivity index is 2.10. The SMILES string of the molecule is CC1(C)CCCCC1n1c(-c2ccccn2)n[nH]c1=S. The summed E-state index contributed by atoms with van der Waals surface area (Å²) in [6.07, 6.45) is 6.73. The van der Waals surface area contributed by atoms with Crippen LogP contribution in [0.3, 0.4) is 0 Å². The van der Waals surface area contributed by atoms with Gasteiger partial charge < -0.3 is 0 Å². The summed E-state index contributed by atoms with van der Waals surface area (Å²) < 4.78 is 2.88. The van der Waals surface area contributed by atoms with Crippen molar-refractivity contribution < 1.29 is 0 Å². The molecule has 1 aliphatic carbocycles. The summed E-state index contributed by atoms with van der Waals surface area (Å²) in [5.41, 5.74) is 1.12. The van der Waals surface area contributed by atoms with Crippen molar-refractivity contribution in [1.82, 2.24) is 19.7 Å². The minimum atomic E-state index is 0.240. The number of nitrogens with one attached hydrogen (secondary N) is 1. The molecule has 1 saturated carbocycles. The Morgan fingerprint density at radius 2 is 2.20 bits per heavy atom. The fraction of sp³-hybridized carbons (Fsp3) is 0.533. The summed E-state index contributed by atoms with van der Waals surface area (Å²) in [4.78, 5) is 4.42. The van der Waals surface area contributed by atoms with E-state index in [0.29, 0.717) is 10.8 Å². The molecule has 0 aliphatic heterocycles. The van der Waals surface area contributed by atoms with Crippen molar-refractivity contribution in [2.24, 2.45) is 5.41 Å². The molecular formula is C15H20N4S. The van der Waals surface area contributed by atoms with Gasteiger partial charge in [0.05, 0.1) is 0 Å². The fourth-order valence-corrected chi connectivity index (χ4v) is 3.48. The van der Waals surface area contributed by atoms with E-state index in [1.165, 1.54) is 19.3 Å². The third-order valence-electron chi connectivity index (χ3n) is 4.36. The van der Waals surface area contributed by atoms with Crippen molar-refractivity contribution in [3.05, 3.63) is 29.2 Å². The van der Waals surface area contributed by atoms with Crippen LogP contribution in [-0.2, 0) is 0 Å². The first-order valence-electron chi connectivity index (χ1n) is 7.18. The molecule has 0 radical (unpaired) electrons. The quantitative estimate of drug-likeness (QED) is 0.845. The number of aromatic amines is 1. The average Bonchev–Trinajstić information content (AvgIpc) is 2.81. The Morgan fingerprint density at radius 3 is 2.90 bits per heavy atom. The number of nitrogens with zero attached hydrogens (tertiary/aromatic N) is 3. The predicted molar refractivity (Wildman–Crippen MR) is 81.9 cm³/mol. The van der Waals surface area contributed by atoms with E-state index in [9.17, 15) is 0 Å². The van der Waals surface area contributed by atoms with Crippen LogP contribution in [0.15, 0.2) is 24.4 Å². The topological polar surface area (TPSA) is 46.5 Å². The van der Waals surface area contributed by atoms with Crippen molar-refractivity contribution in [1.29, 1.82) is 0 Å². The Morgan fingerprint density at radius 1 is 1.35 bits per heavy atom. The molecule has 5 heteroatoms. The highest BCUT2D eigenvalue weighted by molar-refractivity contribution is 7.71. The summed E-state index contributed by atoms with van der Waals surface area (Å²) in [6.45, 7) is 4.65. The van der Waals surface area contributed by atoms with Crippen molar-refractivity contribution in [3.63, 3.8) is 0 Å². The van der Waals surface area contributed by atoms with E-state index in [0.717, 1.165) is 17.9 Å². The maximum absolute atomic E-state index is 5.47. The normalized spacial score (nSPS) is 21.8. The van der Waals surface area contributed by atoms with Crippen LogP contribution in [0, 0.1) is 10.2 Å². The van der Waals surface area contributed by atoms with Gasteiger partial charge in [-0.2, -0.15) is 5.10 Å². The van der Waals surface area contributed by atoms with Gasteiger partial charge in [0.1, 0.15) is 5.69 Å². The summed E-state index contributed by atoms with van der Waals surface area (Å²) in [7, 11) is 0. The standard InChI is InChI=1S/C15H20N4S/c1-15(2)9-5-3-8-12(15)19-13(17-18-14(19)20)11-7-4-6-10-16-11/h4,6-7,10,12H,3,5,8-9H2,1-2H3,(H,18,20). The third-order valence-corrected chi connectivity index (χ3v) is 4.65. The van der Waals surface area contributed by atoms with Gasteiger partial charge in [-0.25, -0.2) is 0 Å². The van der Waals surface area contributed by atoms with E-state index >= 15 is 0 Å². The number of aromatic nitrogens is 4. The zero-order valence-corrected chi connectivity index (χ0v) is 12.8. The van der Waals surface area contributed by atoms with Gasteiger partial charge in [-0.3, -0.25) is 14.6 Å². The molecule has 2 aromatic heterocycles. The second-order valence-corrected chi connectivity index (χ2v) is 6.57. The number of hydrogen-bond donors (Lipinski definition) is 1. The van der Waals surface area contributed by atoms with Gasteiger partial charge in [0.25, 0.3) is 0 Å². The lowest BCUT2D eigenvalue weighted by molar-refractivity contribution is 0.144. The minimum absolute atomic E-state index is 0.240. The molecule has 1 N–H and O–H groups in total. The first kappa shape index (κ1) is 13.5. The van der Waals surface area contributed by atoms with Gasteiger partial charge in [0.15, 0.2) is 10.6 Å². The lowest BCUT2D eigenvalue weighted by Crippen LogP contribution is -2.31. The Bertz CT molecular complexity index is 641. The summed E-state index contributed by atoms with van der Waals surface area (Å²) >= 11 is 5.47. The summed E-state index contributed by atoms with van der Waals surface area (Å²) in [6, 6.07) is 6.27. The van der Waals surface area contributed by atoms with E-state index in [2.05, 4.69) is 33.6 Å². The van der Waals surface area contributed by atoms with Gasteiger partial charge in [-0.05, 0) is 42.6 Å². The molecule has 0 aromatic carbocycles. The zero-order chi connectivity index (χ0) is 14.2. The van der Waals surface area contributed by atoms with Crippen LogP contribution in [0.4, 0.5) is 0 Å². The second kappa shape index (κ2) is 5.13. The minimum Gasteiger partial charge on any atom is -0.295 e. The van der Waals surface area contributed by atoms with E-state index in [4.69, 9.17) is 12.2 Å². The van der Waals surface area contributed by atoms with E-state index < -0.39 is 0 Å². The van der Waals surface area contributed by atoms with E-state index in [1.807, 2.05) is 18.2 Å². The van der Waals surface area contributed by atoms with Gasteiger partial charge >= 0.3 is 0 Å². The lowest BCUT2D eigenvalue weighted by atomic mass is 9.73. The number of pyridine rings is 1. The van der Waals surface area contributed by atoms with Crippen LogP contribution >= 0.6 is 12.2 Å². The smallest absolute Gasteiger partial charge is 0.195 e. The third kappa shape index (κ3) is 2.30. The molecule has 0 amide bonds. The maximum Gasteiger partial charge on any atom is 0.195 e. The molecule has 3 rings (SSSR count). The largest absolute Gasteiger partial charge is 0.295 e. The number of rotatable bonds is 2. The molecule has 0 bridgehead atoms. The van der Waals surface area contributed by atoms with Crippen molar-refractivity contribution in [2.75, 3.05) is 0 Å². The van der Waals surface area contributed by atoms with Crippen molar-refractivity contribution in [2.45, 2.75) is 45.6 Å². The van der Waals surface area contributed by atoms with Crippen LogP contribution in [0.25, 0.3) is 11.5 Å². The average molecular weight is 288 g/mol. The zero-order valence-electron chi connectivity index (χ0n) is 12.0. The Kier molecular flexibility index (Phi) is 3.46. The molecule has 4 nitrogen and oxygen atoms in total. The van der Waals surface area contributed by atoms with Gasteiger partial charge in [-0.15, -0.1) is 0 Å². The lowest BCUT2D eigenvalue weighted by Gasteiger charge is -2.39. The van der Waals surface area contributed by atoms with Crippen molar-refractivity contribution in [3.8, 4) is 11.5 Å². The van der Waals surface area contributed by atoms with Crippen molar-refractivity contribution >= 4 is 12.2 Å². The monoisotopic (exact) mass is 288 g/mol. The molecule has 106 valence electrons. The van der Waals surface area contributed by atoms with E-state index in [1.54, 1.807) is 6.20 Å². The highest BCUT2D eigenvalue weighted by Gasteiger charge is 2.35. The molecule has 1 fully saturated rings. The Labute approximate surface area is 124 Å². The Hall–Kier alpha value is -1.49. The second-order valence-electron chi connectivity index (χ2n) is 6.19. The van der Waals surface area contributed by atoms with Gasteiger partial charge in [0, 0.05) is 12.2 Å². The molecule has 2 aromatic rings. The van der Waals surface area contributed by atoms with Gasteiger partial charge in [-0.1, -0.05) is 32.8 Å². The first-order valence-corrected chi connectivity index (χ1v) is 7.59. The molecule has 0 saturated heterocycles. The molecule has 1 atom stereocenters. The highest BCUT2D eigenvalue weighted by Crippen LogP contribution is 2.44. The molecule has 2 heterocycles. The first-order chi connectivity index (χ1) is 9.59. The molecule has 20 heavy (non-hydrogen) atoms. The maximum atomic E-state index is 5.47. The van der Waals surface area contributed by atoms with Crippen LogP contribution in [-0.4, -0.2) is 19.7 Å².